The number of hydrogen-bond acceptors (Lipinski definition) is 6. The fourth-order valence-corrected chi connectivity index (χ4v) is 2.69. The number of nitrogens with zero attached hydrogens (tertiary/aromatic N) is 2. The first-order valence-corrected chi connectivity index (χ1v) is 8.86. The molecular formula is C20H16ClN3O5. The second-order valence-corrected chi connectivity index (χ2v) is 6.40. The molecule has 0 spiro atoms. The van der Waals surface area contributed by atoms with Crippen molar-refractivity contribution in [2.75, 3.05) is 6.61 Å². The van der Waals surface area contributed by atoms with Crippen molar-refractivity contribution in [2.24, 2.45) is 5.10 Å². The Bertz CT molecular complexity index is 1080. The average Bonchev–Trinajstić information content (AvgIpc) is 3.16. The normalized spacial score (nSPS) is 10.8. The maximum atomic E-state index is 11.9. The molecule has 0 bridgehead atoms. The highest BCUT2D eigenvalue weighted by atomic mass is 35.5. The van der Waals surface area contributed by atoms with Gasteiger partial charge in [0.2, 0.25) is 0 Å². The van der Waals surface area contributed by atoms with Crippen molar-refractivity contribution >= 4 is 29.4 Å². The molecule has 0 aliphatic rings. The summed E-state index contributed by atoms with van der Waals surface area (Å²) < 4.78 is 10.9. The minimum Gasteiger partial charge on any atom is -0.477 e. The van der Waals surface area contributed by atoms with Gasteiger partial charge in [-0.05, 0) is 42.8 Å². The van der Waals surface area contributed by atoms with Crippen molar-refractivity contribution in [1.82, 2.24) is 5.43 Å². The van der Waals surface area contributed by atoms with Gasteiger partial charge in [-0.15, -0.1) is 0 Å². The first-order valence-electron chi connectivity index (χ1n) is 8.48. The Morgan fingerprint density at radius 1 is 1.28 bits per heavy atom. The van der Waals surface area contributed by atoms with Crippen LogP contribution in [-0.2, 0) is 4.79 Å². The van der Waals surface area contributed by atoms with E-state index in [4.69, 9.17) is 20.8 Å². The van der Waals surface area contributed by atoms with Crippen LogP contribution in [0, 0.1) is 17.0 Å². The molecule has 0 unspecified atom stereocenters. The van der Waals surface area contributed by atoms with Gasteiger partial charge in [0.1, 0.15) is 11.5 Å². The van der Waals surface area contributed by atoms with Crippen molar-refractivity contribution in [3.8, 4) is 17.1 Å². The predicted molar refractivity (Wildman–Crippen MR) is 108 cm³/mol. The van der Waals surface area contributed by atoms with Crippen molar-refractivity contribution in [2.45, 2.75) is 6.92 Å². The van der Waals surface area contributed by atoms with Crippen LogP contribution in [0.1, 0.15) is 11.3 Å². The number of rotatable bonds is 7. The highest BCUT2D eigenvalue weighted by Crippen LogP contribution is 2.29. The van der Waals surface area contributed by atoms with Crippen LogP contribution in [0.15, 0.2) is 64.1 Å². The van der Waals surface area contributed by atoms with Crippen molar-refractivity contribution < 1.29 is 18.9 Å². The quantitative estimate of drug-likeness (QED) is 0.352. The molecule has 29 heavy (non-hydrogen) atoms. The third-order valence-corrected chi connectivity index (χ3v) is 4.15. The van der Waals surface area contributed by atoms with Crippen molar-refractivity contribution in [3.63, 3.8) is 0 Å². The maximum absolute atomic E-state index is 11.9. The number of aryl methyl sites for hydroxylation is 1. The number of hydrazone groups is 1. The lowest BCUT2D eigenvalue weighted by Crippen LogP contribution is -2.24. The molecule has 1 amide bonds. The molecule has 0 saturated carbocycles. The zero-order valence-corrected chi connectivity index (χ0v) is 16.1. The summed E-state index contributed by atoms with van der Waals surface area (Å²) in [6.45, 7) is 1.30. The second kappa shape index (κ2) is 9.03. The molecule has 3 aromatic rings. The molecule has 9 heteroatoms. The maximum Gasteiger partial charge on any atom is 0.311 e. The number of hydrogen-bond donors (Lipinski definition) is 1. The van der Waals surface area contributed by atoms with Gasteiger partial charge >= 0.3 is 5.69 Å². The molecule has 0 aliphatic carbocycles. The lowest BCUT2D eigenvalue weighted by Gasteiger charge is -2.06. The third-order valence-electron chi connectivity index (χ3n) is 3.82. The summed E-state index contributed by atoms with van der Waals surface area (Å²) in [5.41, 5.74) is 3.52. The Labute approximate surface area is 170 Å². The molecule has 2 aromatic carbocycles. The van der Waals surface area contributed by atoms with Crippen LogP contribution in [0.2, 0.25) is 5.02 Å². The van der Waals surface area contributed by atoms with Gasteiger partial charge < -0.3 is 9.15 Å². The number of carbonyl (C=O) groups is 1. The number of ether oxygens (including phenoxy) is 1. The van der Waals surface area contributed by atoms with Crippen LogP contribution in [0.5, 0.6) is 5.75 Å². The fourth-order valence-electron chi connectivity index (χ4n) is 2.46. The van der Waals surface area contributed by atoms with E-state index >= 15 is 0 Å². The van der Waals surface area contributed by atoms with Crippen molar-refractivity contribution in [3.05, 3.63) is 81.1 Å². The summed E-state index contributed by atoms with van der Waals surface area (Å²) in [4.78, 5) is 22.4. The summed E-state index contributed by atoms with van der Waals surface area (Å²) in [5.74, 6) is 0.415. The highest BCUT2D eigenvalue weighted by Gasteiger charge is 2.16. The van der Waals surface area contributed by atoms with E-state index in [9.17, 15) is 14.9 Å². The minimum absolute atomic E-state index is 0.00939. The Hall–Kier alpha value is -3.65. The van der Waals surface area contributed by atoms with E-state index in [1.165, 1.54) is 18.3 Å². The van der Waals surface area contributed by atoms with E-state index in [0.717, 1.165) is 5.56 Å². The first-order chi connectivity index (χ1) is 13.9. The molecule has 1 N–H and O–H groups in total. The molecule has 0 radical (unpaired) electrons. The third kappa shape index (κ3) is 5.20. The minimum atomic E-state index is -0.575. The lowest BCUT2D eigenvalue weighted by atomic mass is 10.2. The zero-order valence-electron chi connectivity index (χ0n) is 15.3. The molecule has 0 saturated heterocycles. The summed E-state index contributed by atoms with van der Waals surface area (Å²) in [6, 6.07) is 15.1. The molecule has 0 fully saturated rings. The van der Waals surface area contributed by atoms with E-state index in [0.29, 0.717) is 22.1 Å². The summed E-state index contributed by atoms with van der Waals surface area (Å²) in [7, 11) is 0. The van der Waals surface area contributed by atoms with Crippen LogP contribution >= 0.6 is 11.6 Å². The number of nitro benzene ring substituents is 1. The molecule has 0 aliphatic heterocycles. The predicted octanol–water partition coefficient (Wildman–Crippen LogP) is 4.35. The molecular weight excluding hydrogens is 398 g/mol. The number of nitro groups is 1. The molecule has 3 rings (SSSR count). The van der Waals surface area contributed by atoms with E-state index < -0.39 is 17.4 Å². The van der Waals surface area contributed by atoms with Gasteiger partial charge in [-0.1, -0.05) is 29.8 Å². The molecule has 1 heterocycles. The highest BCUT2D eigenvalue weighted by molar-refractivity contribution is 6.33. The number of halogens is 1. The molecule has 8 nitrogen and oxygen atoms in total. The fraction of sp³-hybridized carbons (Fsp3) is 0.100. The van der Waals surface area contributed by atoms with Gasteiger partial charge in [0, 0.05) is 11.6 Å². The van der Waals surface area contributed by atoms with Crippen LogP contribution < -0.4 is 10.2 Å². The van der Waals surface area contributed by atoms with Gasteiger partial charge in [0.15, 0.2) is 12.4 Å². The lowest BCUT2D eigenvalue weighted by molar-refractivity contribution is -0.385. The van der Waals surface area contributed by atoms with Crippen LogP contribution in [0.25, 0.3) is 11.3 Å². The zero-order chi connectivity index (χ0) is 20.8. The Balaban J connectivity index is 1.56. The van der Waals surface area contributed by atoms with E-state index in [-0.39, 0.29) is 11.4 Å². The molecule has 1 aromatic heterocycles. The van der Waals surface area contributed by atoms with E-state index in [2.05, 4.69) is 10.5 Å². The average molecular weight is 414 g/mol. The topological polar surface area (TPSA) is 107 Å². The Morgan fingerprint density at radius 3 is 2.83 bits per heavy atom. The van der Waals surface area contributed by atoms with Gasteiger partial charge in [0.05, 0.1) is 16.2 Å². The van der Waals surface area contributed by atoms with Gasteiger partial charge in [-0.25, -0.2) is 5.43 Å². The number of carbonyl (C=O) groups excluding carboxylic acids is 1. The largest absolute Gasteiger partial charge is 0.477 e. The van der Waals surface area contributed by atoms with Crippen LogP contribution in [0.4, 0.5) is 5.69 Å². The summed E-state index contributed by atoms with van der Waals surface area (Å²) in [6.07, 6.45) is 1.33. The van der Waals surface area contributed by atoms with E-state index in [1.54, 1.807) is 31.2 Å². The summed E-state index contributed by atoms with van der Waals surface area (Å²) in [5, 5.41) is 15.4. The first kappa shape index (κ1) is 20.1. The van der Waals surface area contributed by atoms with E-state index in [1.807, 2.05) is 18.2 Å². The summed E-state index contributed by atoms with van der Waals surface area (Å²) >= 11 is 6.13. The van der Waals surface area contributed by atoms with Gasteiger partial charge in [-0.3, -0.25) is 14.9 Å². The second-order valence-electron chi connectivity index (χ2n) is 5.99. The van der Waals surface area contributed by atoms with Gasteiger partial charge in [-0.2, -0.15) is 5.10 Å². The van der Waals surface area contributed by atoms with Crippen LogP contribution in [0.3, 0.4) is 0 Å². The standard InChI is InChI=1S/C20H16ClN3O5/c1-13-6-8-19(17(10-13)24(26)27)28-12-20(25)23-22-11-14-7-9-18(29-14)15-4-2-3-5-16(15)21/h2-11H,12H2,1H3,(H,23,25)/b22-11-. The number of benzene rings is 2. The number of furan rings is 1. The smallest absolute Gasteiger partial charge is 0.311 e. The van der Waals surface area contributed by atoms with Gasteiger partial charge in [0.25, 0.3) is 5.91 Å². The van der Waals surface area contributed by atoms with Crippen molar-refractivity contribution in [1.29, 1.82) is 0 Å². The number of nitrogens with one attached hydrogen (secondary N) is 1. The SMILES string of the molecule is Cc1ccc(OCC(=O)N/N=C\c2ccc(-c3ccccc3Cl)o2)c([N+](=O)[O-])c1. The Kier molecular flexibility index (Phi) is 6.25. The molecule has 148 valence electrons. The number of amides is 1. The molecule has 0 atom stereocenters. The van der Waals surface area contributed by atoms with Crippen LogP contribution in [-0.4, -0.2) is 23.7 Å². The Morgan fingerprint density at radius 2 is 2.07 bits per heavy atom. The monoisotopic (exact) mass is 413 g/mol.